The Labute approximate surface area is 71.3 Å². The smallest absolute Gasteiger partial charge is 0.311 e. The molecule has 3 saturated carbocycles. The Morgan fingerprint density at radius 2 is 2.25 bits per heavy atom. The van der Waals surface area contributed by atoms with E-state index in [1.54, 1.807) is 0 Å². The van der Waals surface area contributed by atoms with E-state index in [1.807, 2.05) is 0 Å². The van der Waals surface area contributed by atoms with Crippen molar-refractivity contribution in [3.8, 4) is 6.07 Å². The molecule has 1 atom stereocenters. The van der Waals surface area contributed by atoms with Crippen LogP contribution < -0.4 is 0 Å². The number of carbonyl (C=O) groups is 1. The maximum atomic E-state index is 11.3. The molecule has 0 amide bonds. The van der Waals surface area contributed by atoms with Gasteiger partial charge in [-0.1, -0.05) is 0 Å². The summed E-state index contributed by atoms with van der Waals surface area (Å²) in [5.41, 5.74) is -0.264. The Balaban J connectivity index is 2.12. The minimum Gasteiger partial charge on any atom is -0.469 e. The van der Waals surface area contributed by atoms with Crippen LogP contribution in [0.3, 0.4) is 0 Å². The van der Waals surface area contributed by atoms with Gasteiger partial charge in [-0.25, -0.2) is 0 Å². The summed E-state index contributed by atoms with van der Waals surface area (Å²) in [6.45, 7) is 0. The third kappa shape index (κ3) is 0.726. The summed E-state index contributed by atoms with van der Waals surface area (Å²) in [5.74, 6) is 0.453. The van der Waals surface area contributed by atoms with Gasteiger partial charge in [-0.15, -0.1) is 0 Å². The van der Waals surface area contributed by atoms with Gasteiger partial charge in [0.2, 0.25) is 0 Å². The van der Waals surface area contributed by atoms with E-state index in [4.69, 9.17) is 10.00 Å². The number of hydrogen-bond acceptors (Lipinski definition) is 3. The molecule has 0 saturated heterocycles. The van der Waals surface area contributed by atoms with Crippen molar-refractivity contribution in [3.63, 3.8) is 0 Å². The van der Waals surface area contributed by atoms with Crippen molar-refractivity contribution in [3.05, 3.63) is 0 Å². The van der Waals surface area contributed by atoms with Crippen LogP contribution in [-0.4, -0.2) is 13.1 Å². The van der Waals surface area contributed by atoms with E-state index in [-0.39, 0.29) is 17.3 Å². The third-order valence-corrected chi connectivity index (χ3v) is 3.27. The number of hydrogen-bond donors (Lipinski definition) is 0. The maximum absolute atomic E-state index is 11.3. The molecular weight excluding hydrogens is 154 g/mol. The molecule has 0 N–H and O–H groups in total. The lowest BCUT2D eigenvalue weighted by Gasteiger charge is -2.34. The fourth-order valence-corrected chi connectivity index (χ4v) is 2.60. The van der Waals surface area contributed by atoms with Crippen LogP contribution in [-0.2, 0) is 9.53 Å². The first-order chi connectivity index (χ1) is 5.72. The summed E-state index contributed by atoms with van der Waals surface area (Å²) >= 11 is 0. The molecule has 0 aromatic rings. The van der Waals surface area contributed by atoms with E-state index < -0.39 is 0 Å². The lowest BCUT2D eigenvalue weighted by Crippen LogP contribution is -2.37. The quantitative estimate of drug-likeness (QED) is 0.546. The van der Waals surface area contributed by atoms with Crippen molar-refractivity contribution in [1.82, 2.24) is 0 Å². The highest BCUT2D eigenvalue weighted by atomic mass is 16.5. The van der Waals surface area contributed by atoms with Gasteiger partial charge in [-0.05, 0) is 25.2 Å². The molecule has 64 valence electrons. The molecular formula is C9H11NO2. The zero-order valence-corrected chi connectivity index (χ0v) is 7.04. The number of carbonyl (C=O) groups excluding carboxylic acids is 1. The van der Waals surface area contributed by atoms with E-state index in [0.29, 0.717) is 5.92 Å². The third-order valence-electron chi connectivity index (χ3n) is 3.27. The molecule has 12 heavy (non-hydrogen) atoms. The van der Waals surface area contributed by atoms with E-state index in [2.05, 4.69) is 6.07 Å². The molecule has 2 bridgehead atoms. The number of methoxy groups -OCH3 is 1. The second kappa shape index (κ2) is 2.22. The summed E-state index contributed by atoms with van der Waals surface area (Å²) < 4.78 is 4.72. The largest absolute Gasteiger partial charge is 0.469 e. The van der Waals surface area contributed by atoms with Crippen LogP contribution >= 0.6 is 0 Å². The van der Waals surface area contributed by atoms with E-state index in [1.165, 1.54) is 7.11 Å². The molecule has 3 heteroatoms. The number of ether oxygens (including phenoxy) is 1. The van der Waals surface area contributed by atoms with E-state index in [0.717, 1.165) is 19.3 Å². The molecule has 3 rings (SSSR count). The van der Waals surface area contributed by atoms with Crippen LogP contribution in [0, 0.1) is 28.6 Å². The van der Waals surface area contributed by atoms with Crippen LogP contribution in [0.2, 0.25) is 0 Å². The SMILES string of the molecule is COC(=O)C12CC(C#N)C(C1)C2. The van der Waals surface area contributed by atoms with Crippen molar-refractivity contribution < 1.29 is 9.53 Å². The molecule has 3 aliphatic carbocycles. The fourth-order valence-electron chi connectivity index (χ4n) is 2.60. The number of nitriles is 1. The highest BCUT2D eigenvalue weighted by Crippen LogP contribution is 2.61. The van der Waals surface area contributed by atoms with Gasteiger partial charge in [0.1, 0.15) is 0 Å². The molecule has 0 aromatic carbocycles. The molecule has 0 aliphatic heterocycles. The zero-order valence-electron chi connectivity index (χ0n) is 7.04. The molecule has 3 fully saturated rings. The first-order valence-corrected chi connectivity index (χ1v) is 4.20. The van der Waals surface area contributed by atoms with Gasteiger partial charge in [0.05, 0.1) is 24.5 Å². The predicted molar refractivity (Wildman–Crippen MR) is 40.9 cm³/mol. The Morgan fingerprint density at radius 3 is 2.67 bits per heavy atom. The monoisotopic (exact) mass is 165 g/mol. The first-order valence-electron chi connectivity index (χ1n) is 4.20. The minimum absolute atomic E-state index is 0.101. The van der Waals surface area contributed by atoms with Gasteiger partial charge in [-0.2, -0.15) is 5.26 Å². The highest BCUT2D eigenvalue weighted by molar-refractivity contribution is 5.79. The van der Waals surface area contributed by atoms with E-state index in [9.17, 15) is 4.79 Å². The summed E-state index contributed by atoms with van der Waals surface area (Å²) in [6, 6.07) is 2.25. The minimum atomic E-state index is -0.264. The standard InChI is InChI=1S/C9H11NO2/c1-12-8(11)9-2-6(3-9)7(4-9)5-10/h6-7H,2-4H2,1H3. The average Bonchev–Trinajstić information content (AvgIpc) is 2.55. The number of rotatable bonds is 1. The maximum Gasteiger partial charge on any atom is 0.311 e. The topological polar surface area (TPSA) is 50.1 Å². The van der Waals surface area contributed by atoms with Crippen molar-refractivity contribution in [2.45, 2.75) is 19.3 Å². The van der Waals surface area contributed by atoms with Crippen molar-refractivity contribution in [2.75, 3.05) is 7.11 Å². The molecule has 0 aromatic heterocycles. The van der Waals surface area contributed by atoms with Crippen molar-refractivity contribution in [2.24, 2.45) is 17.3 Å². The van der Waals surface area contributed by atoms with Crippen molar-refractivity contribution in [1.29, 1.82) is 5.26 Å². The lowest BCUT2D eigenvalue weighted by molar-refractivity contribution is -0.157. The average molecular weight is 165 g/mol. The van der Waals surface area contributed by atoms with Crippen LogP contribution in [0.4, 0.5) is 0 Å². The van der Waals surface area contributed by atoms with Crippen LogP contribution in [0.1, 0.15) is 19.3 Å². The van der Waals surface area contributed by atoms with Gasteiger partial charge in [0.25, 0.3) is 0 Å². The van der Waals surface area contributed by atoms with Crippen LogP contribution in [0.5, 0.6) is 0 Å². The second-order valence-corrected chi connectivity index (χ2v) is 3.88. The normalized spacial score (nSPS) is 43.0. The van der Waals surface area contributed by atoms with Crippen LogP contribution in [0.15, 0.2) is 0 Å². The van der Waals surface area contributed by atoms with Gasteiger partial charge < -0.3 is 4.74 Å². The van der Waals surface area contributed by atoms with Crippen LogP contribution in [0.25, 0.3) is 0 Å². The predicted octanol–water partition coefficient (Wildman–Crippen LogP) is 1.10. The highest BCUT2D eigenvalue weighted by Gasteiger charge is 2.61. The molecule has 0 radical (unpaired) electrons. The number of nitrogens with zero attached hydrogens (tertiary/aromatic N) is 1. The van der Waals surface area contributed by atoms with Gasteiger partial charge >= 0.3 is 5.97 Å². The molecule has 0 spiro atoms. The summed E-state index contributed by atoms with van der Waals surface area (Å²) in [4.78, 5) is 11.3. The van der Waals surface area contributed by atoms with Crippen molar-refractivity contribution >= 4 is 5.97 Å². The zero-order chi connectivity index (χ0) is 8.77. The van der Waals surface area contributed by atoms with Gasteiger partial charge in [-0.3, -0.25) is 4.79 Å². The Morgan fingerprint density at radius 1 is 1.58 bits per heavy atom. The molecule has 0 heterocycles. The second-order valence-electron chi connectivity index (χ2n) is 3.88. The number of esters is 1. The summed E-state index contributed by atoms with van der Waals surface area (Å²) in [7, 11) is 1.42. The summed E-state index contributed by atoms with van der Waals surface area (Å²) in [6.07, 6.45) is 2.47. The Kier molecular flexibility index (Phi) is 1.41. The summed E-state index contributed by atoms with van der Waals surface area (Å²) in [5, 5.41) is 8.73. The Hall–Kier alpha value is -1.04. The molecule has 3 nitrogen and oxygen atoms in total. The fraction of sp³-hybridized carbons (Fsp3) is 0.778. The Bertz CT molecular complexity index is 260. The van der Waals surface area contributed by atoms with Gasteiger partial charge in [0.15, 0.2) is 0 Å². The number of fused-ring (bicyclic) bond motifs is 1. The molecule has 3 aliphatic rings. The lowest BCUT2D eigenvalue weighted by atomic mass is 9.69. The molecule has 1 unspecified atom stereocenters. The van der Waals surface area contributed by atoms with Gasteiger partial charge in [0, 0.05) is 0 Å². The van der Waals surface area contributed by atoms with E-state index >= 15 is 0 Å². The first kappa shape index (κ1) is 7.60.